The van der Waals surface area contributed by atoms with Gasteiger partial charge >= 0.3 is 0 Å². The number of benzene rings is 10. The predicted molar refractivity (Wildman–Crippen MR) is 248 cm³/mol. The first-order chi connectivity index (χ1) is 29.3. The molecule has 0 saturated carbocycles. The maximum absolute atomic E-state index is 7.56. The zero-order valence-corrected chi connectivity index (χ0v) is 31.9. The van der Waals surface area contributed by atoms with Crippen LogP contribution < -0.4 is 0 Å². The minimum Gasteiger partial charge on any atom is -0.455 e. The van der Waals surface area contributed by atoms with Gasteiger partial charge in [0.25, 0.3) is 0 Å². The predicted octanol–water partition coefficient (Wildman–Crippen LogP) is 15.4. The third kappa shape index (κ3) is 4.64. The summed E-state index contributed by atoms with van der Waals surface area (Å²) < 4.78 is 12.3. The van der Waals surface area contributed by atoms with E-state index in [2.05, 4.69) is 215 Å². The van der Waals surface area contributed by atoms with Crippen LogP contribution in [0.25, 0.3) is 121 Å². The summed E-state index contributed by atoms with van der Waals surface area (Å²) in [6.07, 6.45) is 0. The van der Waals surface area contributed by atoms with Crippen LogP contribution in [0.4, 0.5) is 0 Å². The molecule has 0 aliphatic rings. The Morgan fingerprint density at radius 2 is 0.695 bits per heavy atom. The Hall–Kier alpha value is -7.88. The molecule has 0 N–H and O–H groups in total. The van der Waals surface area contributed by atoms with Gasteiger partial charge in [-0.25, -0.2) is 0 Å². The third-order valence-electron chi connectivity index (χ3n) is 12.5. The average molecular weight is 751 g/mol. The Morgan fingerprint density at radius 3 is 1.17 bits per heavy atom. The van der Waals surface area contributed by atoms with E-state index in [1.807, 2.05) is 0 Å². The number of hydrogen-bond donors (Lipinski definition) is 0. The van der Waals surface area contributed by atoms with Crippen molar-refractivity contribution in [3.63, 3.8) is 0 Å². The van der Waals surface area contributed by atoms with Gasteiger partial charge in [-0.3, -0.25) is 0 Å². The van der Waals surface area contributed by atoms with Crippen LogP contribution in [-0.4, -0.2) is 9.13 Å². The first kappa shape index (κ1) is 32.2. The van der Waals surface area contributed by atoms with E-state index >= 15 is 0 Å². The monoisotopic (exact) mass is 750 g/mol. The summed E-state index contributed by atoms with van der Waals surface area (Å²) in [6, 6.07) is 74.8. The normalized spacial score (nSPS) is 12.1. The van der Waals surface area contributed by atoms with Crippen LogP contribution in [0, 0.1) is 0 Å². The molecule has 0 amide bonds. The Balaban J connectivity index is 1.11. The Bertz CT molecular complexity index is 3580. The molecular formula is C56H34N2O. The van der Waals surface area contributed by atoms with Gasteiger partial charge in [0.15, 0.2) is 0 Å². The summed E-state index contributed by atoms with van der Waals surface area (Å²) >= 11 is 0. The van der Waals surface area contributed by atoms with Crippen LogP contribution in [0.15, 0.2) is 211 Å². The molecule has 0 aliphatic carbocycles. The molecule has 0 aliphatic heterocycles. The summed E-state index contributed by atoms with van der Waals surface area (Å²) in [6.45, 7) is 0. The molecule has 0 unspecified atom stereocenters. The van der Waals surface area contributed by atoms with E-state index < -0.39 is 0 Å². The van der Waals surface area contributed by atoms with Crippen LogP contribution in [0.1, 0.15) is 0 Å². The van der Waals surface area contributed by atoms with Gasteiger partial charge in [0.2, 0.25) is 0 Å². The first-order valence-electron chi connectivity index (χ1n) is 20.3. The van der Waals surface area contributed by atoms with Crippen molar-refractivity contribution in [2.45, 2.75) is 0 Å². The van der Waals surface area contributed by atoms with E-state index in [4.69, 9.17) is 4.42 Å². The standard InChI is InChI=1S/C56H34N2O/c1-3-15-39(16-4-1)57-49-23-9-7-19-43(49)47-33-37(27-31-51(47)57)41-29-25-35-13-11-21-45-46-22-12-14-36-26-30-42(56(54(36)46)59-55(41)53(35)45)38-28-32-52-48(34-38)44-20-8-10-24-50(44)58(52)40-17-5-2-6-18-40/h1-34H. The van der Waals surface area contributed by atoms with Crippen LogP contribution in [-0.2, 0) is 0 Å². The summed E-state index contributed by atoms with van der Waals surface area (Å²) in [5.41, 5.74) is 13.2. The highest BCUT2D eigenvalue weighted by atomic mass is 16.3. The van der Waals surface area contributed by atoms with Crippen LogP contribution in [0.5, 0.6) is 0 Å². The number of fused-ring (bicyclic) bond motifs is 7. The lowest BCUT2D eigenvalue weighted by Crippen LogP contribution is -1.92. The third-order valence-corrected chi connectivity index (χ3v) is 12.5. The second-order valence-corrected chi connectivity index (χ2v) is 15.6. The zero-order valence-electron chi connectivity index (χ0n) is 31.9. The molecule has 0 atom stereocenters. The van der Waals surface area contributed by atoms with Crippen molar-refractivity contribution >= 4 is 87.1 Å². The largest absolute Gasteiger partial charge is 0.455 e. The molecule has 3 heterocycles. The quantitative estimate of drug-likeness (QED) is 0.176. The molecule has 0 spiro atoms. The van der Waals surface area contributed by atoms with Crippen LogP contribution in [0.2, 0.25) is 0 Å². The van der Waals surface area contributed by atoms with Gasteiger partial charge in [-0.05, 0) is 105 Å². The number of aromatic nitrogens is 2. The molecule has 3 heteroatoms. The van der Waals surface area contributed by atoms with Crippen molar-refractivity contribution in [3.05, 3.63) is 206 Å². The van der Waals surface area contributed by atoms with Crippen LogP contribution in [0.3, 0.4) is 0 Å². The summed E-state index contributed by atoms with van der Waals surface area (Å²) in [5, 5.41) is 11.8. The van der Waals surface area contributed by atoms with Crippen LogP contribution >= 0.6 is 0 Å². The fourth-order valence-electron chi connectivity index (χ4n) is 9.90. The van der Waals surface area contributed by atoms with E-state index in [9.17, 15) is 0 Å². The average Bonchev–Trinajstić information content (AvgIpc) is 3.76. The molecule has 59 heavy (non-hydrogen) atoms. The fraction of sp³-hybridized carbons (Fsp3) is 0. The summed E-state index contributed by atoms with van der Waals surface area (Å²) in [7, 11) is 0. The molecule has 0 fully saturated rings. The van der Waals surface area contributed by atoms with Crippen molar-refractivity contribution in [2.24, 2.45) is 0 Å². The van der Waals surface area contributed by atoms with E-state index in [1.165, 1.54) is 54.4 Å². The smallest absolute Gasteiger partial charge is 0.143 e. The number of nitrogens with zero attached hydrogens (tertiary/aromatic N) is 2. The lowest BCUT2D eigenvalue weighted by molar-refractivity contribution is 0.666. The molecule has 3 nitrogen and oxygen atoms in total. The molecule has 0 saturated heterocycles. The van der Waals surface area contributed by atoms with Crippen molar-refractivity contribution < 1.29 is 4.42 Å². The number of para-hydroxylation sites is 4. The van der Waals surface area contributed by atoms with Crippen molar-refractivity contribution in [3.8, 4) is 33.6 Å². The summed E-state index contributed by atoms with van der Waals surface area (Å²) in [4.78, 5) is 0. The topological polar surface area (TPSA) is 23.0 Å². The van der Waals surface area contributed by atoms with Crippen molar-refractivity contribution in [2.75, 3.05) is 0 Å². The molecular weight excluding hydrogens is 717 g/mol. The van der Waals surface area contributed by atoms with Gasteiger partial charge in [0.1, 0.15) is 11.2 Å². The Kier molecular flexibility index (Phi) is 6.72. The first-order valence-corrected chi connectivity index (χ1v) is 20.3. The SMILES string of the molecule is c1ccc(-n2c3ccccc3c3cc(-c4ccc5cccc6c7cccc8ccc(-c9ccc%10c(c9)c9ccccc9n%10-c9ccccc9)c(oc4c56)c87)ccc32)cc1. The van der Waals surface area contributed by atoms with Gasteiger partial charge in [0.05, 0.1) is 22.1 Å². The highest BCUT2D eigenvalue weighted by Gasteiger charge is 2.20. The minimum absolute atomic E-state index is 0.885. The summed E-state index contributed by atoms with van der Waals surface area (Å²) in [5.74, 6) is 0. The molecule has 0 radical (unpaired) electrons. The van der Waals surface area contributed by atoms with Gasteiger partial charge in [0, 0.05) is 54.8 Å². The fourth-order valence-corrected chi connectivity index (χ4v) is 9.90. The van der Waals surface area contributed by atoms with Gasteiger partial charge in [-0.15, -0.1) is 0 Å². The number of rotatable bonds is 4. The lowest BCUT2D eigenvalue weighted by Gasteiger charge is -2.11. The molecule has 3 aromatic heterocycles. The lowest BCUT2D eigenvalue weighted by atomic mass is 9.94. The molecule has 13 rings (SSSR count). The van der Waals surface area contributed by atoms with E-state index in [-0.39, 0.29) is 0 Å². The molecule has 274 valence electrons. The van der Waals surface area contributed by atoms with Crippen molar-refractivity contribution in [1.29, 1.82) is 0 Å². The highest BCUT2D eigenvalue weighted by molar-refractivity contribution is 6.26. The molecule has 0 bridgehead atoms. The van der Waals surface area contributed by atoms with Gasteiger partial charge in [-0.2, -0.15) is 0 Å². The second kappa shape index (κ2) is 12.3. The molecule has 10 aromatic carbocycles. The second-order valence-electron chi connectivity index (χ2n) is 15.6. The highest BCUT2D eigenvalue weighted by Crippen LogP contribution is 2.45. The van der Waals surface area contributed by atoms with Crippen molar-refractivity contribution in [1.82, 2.24) is 9.13 Å². The van der Waals surface area contributed by atoms with E-state index in [0.717, 1.165) is 66.3 Å². The molecule has 13 aromatic rings. The number of hydrogen-bond acceptors (Lipinski definition) is 1. The maximum Gasteiger partial charge on any atom is 0.143 e. The Labute approximate surface area is 339 Å². The van der Waals surface area contributed by atoms with E-state index in [1.54, 1.807) is 0 Å². The van der Waals surface area contributed by atoms with Gasteiger partial charge < -0.3 is 13.6 Å². The maximum atomic E-state index is 7.56. The van der Waals surface area contributed by atoms with Gasteiger partial charge in [-0.1, -0.05) is 133 Å². The minimum atomic E-state index is 0.885. The van der Waals surface area contributed by atoms with E-state index in [0.29, 0.717) is 0 Å². The zero-order chi connectivity index (χ0) is 38.6. The Morgan fingerprint density at radius 1 is 0.288 bits per heavy atom.